The maximum atomic E-state index is 12.6. The van der Waals surface area contributed by atoms with Crippen molar-refractivity contribution in [1.82, 2.24) is 4.31 Å². The van der Waals surface area contributed by atoms with Crippen molar-refractivity contribution >= 4 is 37.3 Å². The van der Waals surface area contributed by atoms with E-state index in [9.17, 15) is 26.9 Å². The number of nitro benzene ring substituents is 1. The van der Waals surface area contributed by atoms with Crippen LogP contribution < -0.4 is 5.14 Å². The number of nitrogens with two attached hydrogens (primary N) is 1. The van der Waals surface area contributed by atoms with Gasteiger partial charge in [0.1, 0.15) is 5.16 Å². The van der Waals surface area contributed by atoms with E-state index in [1.54, 1.807) is 0 Å². The lowest BCUT2D eigenvalue weighted by Crippen LogP contribution is -2.35. The summed E-state index contributed by atoms with van der Waals surface area (Å²) in [5.41, 5.74) is -0.426. The summed E-state index contributed by atoms with van der Waals surface area (Å²) >= 11 is 5.83. The molecule has 0 bridgehead atoms. The van der Waals surface area contributed by atoms with E-state index in [-0.39, 0.29) is 10.1 Å². The predicted octanol–water partition coefficient (Wildman–Crippen LogP) is 0.852. The summed E-state index contributed by atoms with van der Waals surface area (Å²) in [5, 5.41) is 15.5. The van der Waals surface area contributed by atoms with Gasteiger partial charge in [-0.15, -0.1) is 0 Å². The lowest BCUT2D eigenvalue weighted by atomic mass is 10.3. The van der Waals surface area contributed by atoms with Crippen LogP contribution >= 0.6 is 11.6 Å². The molecule has 0 saturated heterocycles. The van der Waals surface area contributed by atoms with E-state index in [0.29, 0.717) is 4.31 Å². The minimum absolute atomic E-state index is 0.260. The summed E-state index contributed by atoms with van der Waals surface area (Å²) in [4.78, 5) is 9.27. The van der Waals surface area contributed by atoms with Crippen LogP contribution in [0.3, 0.4) is 0 Å². The molecule has 23 heavy (non-hydrogen) atoms. The Morgan fingerprint density at radius 1 is 1.22 bits per heavy atom. The predicted molar refractivity (Wildman–Crippen MR) is 82.1 cm³/mol. The average Bonchev–Trinajstić information content (AvgIpc) is 2.46. The molecule has 1 heterocycles. The van der Waals surface area contributed by atoms with Crippen LogP contribution in [0.4, 0.5) is 5.69 Å². The van der Waals surface area contributed by atoms with Crippen LogP contribution in [0.1, 0.15) is 0 Å². The van der Waals surface area contributed by atoms with Crippen LogP contribution in [0.25, 0.3) is 0 Å². The Morgan fingerprint density at radius 2 is 1.87 bits per heavy atom. The highest BCUT2D eigenvalue weighted by atomic mass is 35.5. The van der Waals surface area contributed by atoms with Crippen LogP contribution in [0.2, 0.25) is 0 Å². The van der Waals surface area contributed by atoms with Crippen LogP contribution in [0.15, 0.2) is 51.4 Å². The van der Waals surface area contributed by atoms with Gasteiger partial charge in [0.2, 0.25) is 10.0 Å². The minimum Gasteiger partial charge on any atom is -0.258 e. The summed E-state index contributed by atoms with van der Waals surface area (Å²) in [5.74, 6) is 0. The monoisotopic (exact) mass is 379 g/mol. The van der Waals surface area contributed by atoms with Gasteiger partial charge in [-0.3, -0.25) is 14.4 Å². The number of rotatable bonds is 4. The summed E-state index contributed by atoms with van der Waals surface area (Å²) in [7, 11) is -8.40. The molecule has 1 aromatic carbocycles. The maximum absolute atomic E-state index is 12.6. The molecule has 9 nitrogen and oxygen atoms in total. The van der Waals surface area contributed by atoms with E-state index in [1.165, 1.54) is 6.07 Å². The lowest BCUT2D eigenvalue weighted by Gasteiger charge is -2.26. The van der Waals surface area contributed by atoms with Crippen molar-refractivity contribution in [2.75, 3.05) is 6.54 Å². The van der Waals surface area contributed by atoms with E-state index in [1.807, 2.05) is 0 Å². The molecule has 124 valence electrons. The molecule has 0 saturated carbocycles. The molecule has 12 heteroatoms. The third kappa shape index (κ3) is 3.52. The van der Waals surface area contributed by atoms with Gasteiger partial charge >= 0.3 is 0 Å². The van der Waals surface area contributed by atoms with Gasteiger partial charge in [0.15, 0.2) is 0 Å². The van der Waals surface area contributed by atoms with Gasteiger partial charge in [0, 0.05) is 12.1 Å². The third-order valence-electron chi connectivity index (χ3n) is 2.93. The third-order valence-corrected chi connectivity index (χ3v) is 6.11. The van der Waals surface area contributed by atoms with Gasteiger partial charge < -0.3 is 0 Å². The zero-order chi connectivity index (χ0) is 17.4. The lowest BCUT2D eigenvalue weighted by molar-refractivity contribution is -0.385. The van der Waals surface area contributed by atoms with E-state index < -0.39 is 42.1 Å². The Balaban J connectivity index is 2.49. The molecule has 1 aliphatic heterocycles. The molecule has 0 unspecified atom stereocenters. The second-order valence-corrected chi connectivity index (χ2v) is 8.30. The standard InChI is InChI=1S/C11H10ClN3O6S2/c12-11-5-4-10(22(13,18)19)7-14(11)23(20,21)9-3-1-2-8(6-9)15(16)17/h1-6H,7H2,(H2,13,18,19). The van der Waals surface area contributed by atoms with Gasteiger partial charge in [0.25, 0.3) is 15.7 Å². The highest BCUT2D eigenvalue weighted by molar-refractivity contribution is 7.93. The number of hydrogen-bond acceptors (Lipinski definition) is 6. The summed E-state index contributed by atoms with van der Waals surface area (Å²) < 4.78 is 48.5. The molecule has 0 amide bonds. The number of non-ortho nitro benzene ring substituents is 1. The van der Waals surface area contributed by atoms with E-state index in [2.05, 4.69) is 0 Å². The fourth-order valence-electron chi connectivity index (χ4n) is 1.78. The van der Waals surface area contributed by atoms with Crippen molar-refractivity contribution in [1.29, 1.82) is 0 Å². The number of sulfonamides is 2. The van der Waals surface area contributed by atoms with Gasteiger partial charge in [-0.1, -0.05) is 17.7 Å². The van der Waals surface area contributed by atoms with Gasteiger partial charge in [0.05, 0.1) is 21.3 Å². The van der Waals surface area contributed by atoms with Crippen molar-refractivity contribution in [3.63, 3.8) is 0 Å². The van der Waals surface area contributed by atoms with Gasteiger partial charge in [-0.05, 0) is 18.2 Å². The fraction of sp³-hybridized carbons (Fsp3) is 0.0909. The maximum Gasteiger partial charge on any atom is 0.270 e. The zero-order valence-electron chi connectivity index (χ0n) is 11.3. The quantitative estimate of drug-likeness (QED) is 0.467. The molecule has 2 rings (SSSR count). The Morgan fingerprint density at radius 3 is 2.43 bits per heavy atom. The Labute approximate surface area is 136 Å². The Kier molecular flexibility index (Phi) is 4.48. The zero-order valence-corrected chi connectivity index (χ0v) is 13.7. The number of nitrogens with zero attached hydrogens (tertiary/aromatic N) is 2. The number of nitro groups is 1. The summed E-state index contributed by atoms with van der Waals surface area (Å²) in [6, 6.07) is 4.32. The first kappa shape index (κ1) is 17.4. The Hall–Kier alpha value is -1.95. The molecular formula is C11H10ClN3O6S2. The van der Waals surface area contributed by atoms with Crippen molar-refractivity contribution in [3.8, 4) is 0 Å². The second kappa shape index (κ2) is 5.92. The van der Waals surface area contributed by atoms with Crippen LogP contribution in [-0.4, -0.2) is 32.6 Å². The molecule has 0 atom stereocenters. The topological polar surface area (TPSA) is 141 Å². The molecule has 0 radical (unpaired) electrons. The van der Waals surface area contributed by atoms with Crippen molar-refractivity contribution in [2.45, 2.75) is 4.90 Å². The van der Waals surface area contributed by atoms with E-state index in [0.717, 1.165) is 30.4 Å². The highest BCUT2D eigenvalue weighted by Crippen LogP contribution is 2.29. The van der Waals surface area contributed by atoms with Crippen molar-refractivity contribution < 1.29 is 21.8 Å². The molecule has 1 aromatic rings. The first-order valence-corrected chi connectivity index (χ1v) is 9.26. The van der Waals surface area contributed by atoms with Crippen molar-refractivity contribution in [3.05, 3.63) is 56.6 Å². The highest BCUT2D eigenvalue weighted by Gasteiger charge is 2.32. The molecule has 1 aliphatic rings. The average molecular weight is 380 g/mol. The summed E-state index contributed by atoms with van der Waals surface area (Å²) in [6.07, 6.45) is 2.16. The van der Waals surface area contributed by atoms with E-state index in [4.69, 9.17) is 16.7 Å². The first-order chi connectivity index (χ1) is 10.5. The molecule has 0 fully saturated rings. The van der Waals surface area contributed by atoms with Crippen molar-refractivity contribution in [2.24, 2.45) is 5.14 Å². The number of primary sulfonamides is 1. The SMILES string of the molecule is NS(=O)(=O)C1=CC=C(Cl)N(S(=O)(=O)c2cccc([N+](=O)[O-])c2)C1. The van der Waals surface area contributed by atoms with Gasteiger partial charge in [-0.25, -0.2) is 22.0 Å². The number of allylic oxidation sites excluding steroid dienone is 2. The fourth-order valence-corrected chi connectivity index (χ4v) is 4.20. The molecular weight excluding hydrogens is 370 g/mol. The molecule has 0 spiro atoms. The number of benzene rings is 1. The summed E-state index contributed by atoms with van der Waals surface area (Å²) in [6.45, 7) is -0.598. The van der Waals surface area contributed by atoms with Crippen LogP contribution in [0, 0.1) is 10.1 Å². The molecule has 0 aliphatic carbocycles. The smallest absolute Gasteiger partial charge is 0.258 e. The van der Waals surface area contributed by atoms with Crippen LogP contribution in [-0.2, 0) is 20.0 Å². The largest absolute Gasteiger partial charge is 0.270 e. The normalized spacial score (nSPS) is 15.8. The number of hydrogen-bond donors (Lipinski definition) is 1. The second-order valence-electron chi connectivity index (χ2n) is 4.43. The van der Waals surface area contributed by atoms with Crippen LogP contribution in [0.5, 0.6) is 0 Å². The first-order valence-electron chi connectivity index (χ1n) is 5.90. The Bertz CT molecular complexity index is 936. The minimum atomic E-state index is -4.29. The molecule has 2 N–H and O–H groups in total. The number of halogens is 1. The van der Waals surface area contributed by atoms with Gasteiger partial charge in [-0.2, -0.15) is 0 Å². The van der Waals surface area contributed by atoms with E-state index >= 15 is 0 Å². The molecule has 0 aromatic heterocycles.